The number of carbonyl (C=O) groups excluding carboxylic acids is 2. The standard InChI is InChI=1S/C15H19NO3/c1-3-10(2)12-6-4-5-7-13(12)16-9-11(15(18)19)8-14(16)17/h4-7,10-11H,3,8-9H2,1-2H3,(H,18,19)/p-1/t10-,11-/m1/s1. The fourth-order valence-corrected chi connectivity index (χ4v) is 2.47. The van der Waals surface area contributed by atoms with Gasteiger partial charge in [0.2, 0.25) is 5.91 Å². The predicted molar refractivity (Wildman–Crippen MR) is 70.6 cm³/mol. The molecule has 102 valence electrons. The highest BCUT2D eigenvalue weighted by molar-refractivity contribution is 5.99. The third kappa shape index (κ3) is 2.62. The van der Waals surface area contributed by atoms with Crippen LogP contribution in [0.4, 0.5) is 5.69 Å². The molecule has 1 aromatic carbocycles. The Bertz CT molecular complexity index is 498. The van der Waals surface area contributed by atoms with Crippen molar-refractivity contribution in [2.45, 2.75) is 32.6 Å². The number of benzene rings is 1. The predicted octanol–water partition coefficient (Wildman–Crippen LogP) is 1.30. The van der Waals surface area contributed by atoms with E-state index in [0.29, 0.717) is 5.92 Å². The van der Waals surface area contributed by atoms with Gasteiger partial charge in [-0.15, -0.1) is 0 Å². The van der Waals surface area contributed by atoms with Gasteiger partial charge in [-0.05, 0) is 24.0 Å². The zero-order valence-corrected chi connectivity index (χ0v) is 11.3. The van der Waals surface area contributed by atoms with Crippen molar-refractivity contribution in [2.24, 2.45) is 5.92 Å². The molecule has 0 aromatic heterocycles. The fraction of sp³-hybridized carbons (Fsp3) is 0.467. The number of amides is 1. The smallest absolute Gasteiger partial charge is 0.227 e. The average Bonchev–Trinajstić information content (AvgIpc) is 2.80. The Labute approximate surface area is 113 Å². The SMILES string of the molecule is CC[C@@H](C)c1ccccc1N1C[C@H](C(=O)[O-])CC1=O. The van der Waals surface area contributed by atoms with Crippen molar-refractivity contribution in [3.63, 3.8) is 0 Å². The van der Waals surface area contributed by atoms with Crippen LogP contribution in [0.5, 0.6) is 0 Å². The molecular weight excluding hydrogens is 242 g/mol. The number of hydrogen-bond acceptors (Lipinski definition) is 3. The summed E-state index contributed by atoms with van der Waals surface area (Å²) in [5, 5.41) is 10.9. The Morgan fingerprint density at radius 2 is 2.16 bits per heavy atom. The summed E-state index contributed by atoms with van der Waals surface area (Å²) in [4.78, 5) is 24.5. The number of carboxylic acids is 1. The second-order valence-corrected chi connectivity index (χ2v) is 5.09. The molecule has 0 aliphatic carbocycles. The van der Waals surface area contributed by atoms with E-state index in [0.717, 1.165) is 17.7 Å². The molecule has 2 atom stereocenters. The summed E-state index contributed by atoms with van der Waals surface area (Å²) in [7, 11) is 0. The van der Waals surface area contributed by atoms with Gasteiger partial charge >= 0.3 is 0 Å². The van der Waals surface area contributed by atoms with Gasteiger partial charge in [0.25, 0.3) is 0 Å². The lowest BCUT2D eigenvalue weighted by Gasteiger charge is -2.23. The van der Waals surface area contributed by atoms with Gasteiger partial charge in [0, 0.05) is 30.5 Å². The molecule has 0 radical (unpaired) electrons. The first-order valence-corrected chi connectivity index (χ1v) is 6.64. The van der Waals surface area contributed by atoms with Crippen molar-refractivity contribution in [1.82, 2.24) is 0 Å². The summed E-state index contributed by atoms with van der Waals surface area (Å²) in [5.74, 6) is -1.63. The fourth-order valence-electron chi connectivity index (χ4n) is 2.47. The van der Waals surface area contributed by atoms with Crippen LogP contribution >= 0.6 is 0 Å². The molecule has 0 bridgehead atoms. The van der Waals surface area contributed by atoms with Gasteiger partial charge in [-0.2, -0.15) is 0 Å². The molecule has 0 saturated carbocycles. The van der Waals surface area contributed by atoms with Gasteiger partial charge in [-0.3, -0.25) is 4.79 Å². The van der Waals surface area contributed by atoms with Crippen LogP contribution in [0.1, 0.15) is 38.2 Å². The molecule has 19 heavy (non-hydrogen) atoms. The largest absolute Gasteiger partial charge is 0.550 e. The van der Waals surface area contributed by atoms with Gasteiger partial charge < -0.3 is 14.8 Å². The van der Waals surface area contributed by atoms with Crippen LogP contribution in [0.3, 0.4) is 0 Å². The first kappa shape index (κ1) is 13.6. The first-order chi connectivity index (χ1) is 9.04. The number of hydrogen-bond donors (Lipinski definition) is 0. The number of anilines is 1. The lowest BCUT2D eigenvalue weighted by molar-refractivity contribution is -0.310. The lowest BCUT2D eigenvalue weighted by Crippen LogP contribution is -2.33. The van der Waals surface area contributed by atoms with Crippen molar-refractivity contribution in [3.8, 4) is 0 Å². The molecule has 1 amide bonds. The van der Waals surface area contributed by atoms with E-state index < -0.39 is 11.9 Å². The third-order valence-corrected chi connectivity index (χ3v) is 3.83. The van der Waals surface area contributed by atoms with E-state index in [9.17, 15) is 14.7 Å². The van der Waals surface area contributed by atoms with E-state index in [2.05, 4.69) is 13.8 Å². The molecule has 0 unspecified atom stereocenters. The van der Waals surface area contributed by atoms with Crippen LogP contribution in [0, 0.1) is 5.92 Å². The zero-order valence-electron chi connectivity index (χ0n) is 11.3. The summed E-state index contributed by atoms with van der Waals surface area (Å²) in [6.45, 7) is 4.42. The second-order valence-electron chi connectivity index (χ2n) is 5.09. The molecule has 1 aliphatic rings. The van der Waals surface area contributed by atoms with Crippen LogP contribution in [0.15, 0.2) is 24.3 Å². The van der Waals surface area contributed by atoms with Crippen LogP contribution in [-0.2, 0) is 9.59 Å². The van der Waals surface area contributed by atoms with Crippen molar-refractivity contribution >= 4 is 17.6 Å². The number of rotatable bonds is 4. The molecule has 1 aliphatic heterocycles. The van der Waals surface area contributed by atoms with Crippen LogP contribution in [0.25, 0.3) is 0 Å². The Balaban J connectivity index is 2.32. The third-order valence-electron chi connectivity index (χ3n) is 3.83. The first-order valence-electron chi connectivity index (χ1n) is 6.64. The van der Waals surface area contributed by atoms with E-state index in [4.69, 9.17) is 0 Å². The van der Waals surface area contributed by atoms with Crippen molar-refractivity contribution in [3.05, 3.63) is 29.8 Å². The minimum Gasteiger partial charge on any atom is -0.550 e. The van der Waals surface area contributed by atoms with Crippen LogP contribution in [0.2, 0.25) is 0 Å². The molecule has 4 nitrogen and oxygen atoms in total. The maximum absolute atomic E-state index is 12.0. The summed E-state index contributed by atoms with van der Waals surface area (Å²) in [6, 6.07) is 7.71. The lowest BCUT2D eigenvalue weighted by atomic mass is 9.96. The summed E-state index contributed by atoms with van der Waals surface area (Å²) in [6.07, 6.45) is 1.01. The number of para-hydroxylation sites is 1. The molecule has 1 heterocycles. The zero-order chi connectivity index (χ0) is 14.0. The molecule has 2 rings (SSSR count). The summed E-state index contributed by atoms with van der Waals surface area (Å²) < 4.78 is 0. The minimum atomic E-state index is -1.14. The average molecular weight is 260 g/mol. The molecule has 1 fully saturated rings. The highest BCUT2D eigenvalue weighted by Crippen LogP contribution is 2.33. The van der Waals surface area contributed by atoms with Gasteiger partial charge in [0.15, 0.2) is 0 Å². The Morgan fingerprint density at radius 1 is 1.47 bits per heavy atom. The van der Waals surface area contributed by atoms with E-state index >= 15 is 0 Å². The van der Waals surface area contributed by atoms with Gasteiger partial charge in [0.05, 0.1) is 0 Å². The van der Waals surface area contributed by atoms with Crippen molar-refractivity contribution in [2.75, 3.05) is 11.4 Å². The topological polar surface area (TPSA) is 60.4 Å². The number of carboxylic acid groups (broad SMARTS) is 1. The van der Waals surface area contributed by atoms with E-state index in [1.807, 2.05) is 24.3 Å². The highest BCUT2D eigenvalue weighted by Gasteiger charge is 2.32. The van der Waals surface area contributed by atoms with E-state index in [1.54, 1.807) is 4.90 Å². The van der Waals surface area contributed by atoms with Gasteiger partial charge in [-0.1, -0.05) is 32.0 Å². The molecular formula is C15H18NO3-. The molecule has 4 heteroatoms. The molecule has 1 aromatic rings. The number of nitrogens with zero attached hydrogens (tertiary/aromatic N) is 1. The van der Waals surface area contributed by atoms with Crippen molar-refractivity contribution < 1.29 is 14.7 Å². The highest BCUT2D eigenvalue weighted by atomic mass is 16.4. The minimum absolute atomic E-state index is 0.0389. The number of aliphatic carboxylic acids is 1. The Kier molecular flexibility index (Phi) is 3.88. The van der Waals surface area contributed by atoms with E-state index in [-0.39, 0.29) is 18.9 Å². The maximum atomic E-state index is 12.0. The molecule has 1 saturated heterocycles. The Morgan fingerprint density at radius 3 is 2.74 bits per heavy atom. The van der Waals surface area contributed by atoms with Gasteiger partial charge in [-0.25, -0.2) is 0 Å². The van der Waals surface area contributed by atoms with Gasteiger partial charge in [0.1, 0.15) is 0 Å². The monoisotopic (exact) mass is 260 g/mol. The maximum Gasteiger partial charge on any atom is 0.227 e. The second kappa shape index (κ2) is 5.43. The van der Waals surface area contributed by atoms with E-state index in [1.165, 1.54) is 0 Å². The summed E-state index contributed by atoms with van der Waals surface area (Å²) >= 11 is 0. The number of carbonyl (C=O) groups is 2. The van der Waals surface area contributed by atoms with Crippen LogP contribution in [-0.4, -0.2) is 18.4 Å². The Hall–Kier alpha value is -1.84. The quantitative estimate of drug-likeness (QED) is 0.820. The van der Waals surface area contributed by atoms with Crippen molar-refractivity contribution in [1.29, 1.82) is 0 Å². The molecule has 0 N–H and O–H groups in total. The van der Waals surface area contributed by atoms with Crippen LogP contribution < -0.4 is 10.0 Å². The summed E-state index contributed by atoms with van der Waals surface area (Å²) in [5.41, 5.74) is 1.93. The normalized spacial score (nSPS) is 20.6. The molecule has 0 spiro atoms.